The summed E-state index contributed by atoms with van der Waals surface area (Å²) < 4.78 is 5.16. The SMILES string of the molecule is Cc1cc(C)nc(N2CC3CCN(C(=O)c4conc4-c4ccccc4)CC32)n1. The van der Waals surface area contributed by atoms with E-state index in [1.165, 1.54) is 6.26 Å². The number of hydrogen-bond donors (Lipinski definition) is 0. The minimum Gasteiger partial charge on any atom is -0.363 e. The molecule has 0 bridgehead atoms. The molecule has 2 aliphatic heterocycles. The highest BCUT2D eigenvalue weighted by atomic mass is 16.5. The largest absolute Gasteiger partial charge is 0.363 e. The summed E-state index contributed by atoms with van der Waals surface area (Å²) in [6.07, 6.45) is 2.45. The molecule has 7 heteroatoms. The molecule has 4 heterocycles. The second-order valence-electron chi connectivity index (χ2n) is 7.91. The van der Waals surface area contributed by atoms with E-state index in [0.717, 1.165) is 42.4 Å². The van der Waals surface area contributed by atoms with Gasteiger partial charge in [-0.05, 0) is 26.3 Å². The number of carbonyl (C=O) groups excluding carboxylic acids is 1. The molecule has 148 valence electrons. The predicted octanol–water partition coefficient (Wildman–Crippen LogP) is 3.10. The Balaban J connectivity index is 1.36. The lowest BCUT2D eigenvalue weighted by molar-refractivity contribution is 0.0589. The van der Waals surface area contributed by atoms with Gasteiger partial charge in [-0.3, -0.25) is 4.79 Å². The molecule has 2 unspecified atom stereocenters. The number of aromatic nitrogens is 3. The molecule has 0 N–H and O–H groups in total. The number of benzene rings is 1. The molecule has 2 fully saturated rings. The molecule has 29 heavy (non-hydrogen) atoms. The van der Waals surface area contributed by atoms with E-state index < -0.39 is 0 Å². The van der Waals surface area contributed by atoms with Crippen molar-refractivity contribution in [3.63, 3.8) is 0 Å². The topological polar surface area (TPSA) is 75.4 Å². The molecule has 2 aromatic heterocycles. The number of rotatable bonds is 3. The van der Waals surface area contributed by atoms with Crippen molar-refractivity contribution in [3.8, 4) is 11.3 Å². The van der Waals surface area contributed by atoms with E-state index in [9.17, 15) is 4.79 Å². The van der Waals surface area contributed by atoms with Crippen molar-refractivity contribution in [1.82, 2.24) is 20.0 Å². The van der Waals surface area contributed by atoms with Crippen molar-refractivity contribution in [2.24, 2.45) is 5.92 Å². The Morgan fingerprint density at radius 1 is 1.10 bits per heavy atom. The molecule has 7 nitrogen and oxygen atoms in total. The van der Waals surface area contributed by atoms with Crippen LogP contribution in [-0.2, 0) is 0 Å². The molecule has 1 aromatic carbocycles. The molecule has 0 radical (unpaired) electrons. The maximum absolute atomic E-state index is 13.3. The smallest absolute Gasteiger partial charge is 0.259 e. The normalized spacial score (nSPS) is 20.9. The van der Waals surface area contributed by atoms with Crippen molar-refractivity contribution >= 4 is 11.9 Å². The number of nitrogens with zero attached hydrogens (tertiary/aromatic N) is 5. The van der Waals surface area contributed by atoms with E-state index >= 15 is 0 Å². The number of likely N-dealkylation sites (tertiary alicyclic amines) is 1. The maximum atomic E-state index is 13.3. The van der Waals surface area contributed by atoms with Gasteiger partial charge in [0.25, 0.3) is 5.91 Å². The average molecular weight is 389 g/mol. The molecule has 5 rings (SSSR count). The van der Waals surface area contributed by atoms with Crippen molar-refractivity contribution in [2.45, 2.75) is 26.3 Å². The van der Waals surface area contributed by atoms with E-state index in [1.54, 1.807) is 0 Å². The zero-order valence-corrected chi connectivity index (χ0v) is 16.6. The number of hydrogen-bond acceptors (Lipinski definition) is 6. The number of amides is 1. The maximum Gasteiger partial charge on any atom is 0.259 e. The Labute approximate surface area is 169 Å². The summed E-state index contributed by atoms with van der Waals surface area (Å²) in [5, 5.41) is 4.08. The van der Waals surface area contributed by atoms with Crippen LogP contribution in [0.1, 0.15) is 28.2 Å². The lowest BCUT2D eigenvalue weighted by atomic mass is 9.82. The summed E-state index contributed by atoms with van der Waals surface area (Å²) in [6, 6.07) is 11.9. The number of carbonyl (C=O) groups is 1. The third kappa shape index (κ3) is 3.16. The molecular weight excluding hydrogens is 366 g/mol. The van der Waals surface area contributed by atoms with Gasteiger partial charge in [0.1, 0.15) is 17.5 Å². The van der Waals surface area contributed by atoms with E-state index in [4.69, 9.17) is 4.52 Å². The summed E-state index contributed by atoms with van der Waals surface area (Å²) in [5.74, 6) is 1.32. The van der Waals surface area contributed by atoms with Gasteiger partial charge in [-0.2, -0.15) is 0 Å². The average Bonchev–Trinajstić information content (AvgIpc) is 3.18. The first-order valence-electron chi connectivity index (χ1n) is 9.98. The van der Waals surface area contributed by atoms with Crippen molar-refractivity contribution in [2.75, 3.05) is 24.5 Å². The quantitative estimate of drug-likeness (QED) is 0.685. The van der Waals surface area contributed by atoms with Gasteiger partial charge in [0.05, 0.1) is 6.04 Å². The van der Waals surface area contributed by atoms with Gasteiger partial charge >= 0.3 is 0 Å². The number of fused-ring (bicyclic) bond motifs is 1. The fourth-order valence-electron chi connectivity index (χ4n) is 4.41. The van der Waals surface area contributed by atoms with E-state index in [2.05, 4.69) is 20.0 Å². The van der Waals surface area contributed by atoms with Crippen LogP contribution >= 0.6 is 0 Å². The summed E-state index contributed by atoms with van der Waals surface area (Å²) in [7, 11) is 0. The lowest BCUT2D eigenvalue weighted by Gasteiger charge is -2.53. The highest BCUT2D eigenvalue weighted by Crippen LogP contribution is 2.36. The Kier molecular flexibility index (Phi) is 4.30. The van der Waals surface area contributed by atoms with Crippen LogP contribution in [0.2, 0.25) is 0 Å². The highest BCUT2D eigenvalue weighted by Gasteiger charge is 2.45. The molecule has 2 atom stereocenters. The van der Waals surface area contributed by atoms with Gasteiger partial charge in [-0.1, -0.05) is 35.5 Å². The van der Waals surface area contributed by atoms with Gasteiger partial charge in [0.2, 0.25) is 5.95 Å². The summed E-state index contributed by atoms with van der Waals surface area (Å²) in [4.78, 5) is 26.6. The minimum atomic E-state index is -0.0308. The zero-order chi connectivity index (χ0) is 20.0. The molecular formula is C22H23N5O2. The van der Waals surface area contributed by atoms with Gasteiger partial charge < -0.3 is 14.3 Å². The van der Waals surface area contributed by atoms with Crippen LogP contribution in [0.3, 0.4) is 0 Å². The van der Waals surface area contributed by atoms with Crippen LogP contribution in [-0.4, -0.2) is 51.6 Å². The standard InChI is InChI=1S/C22H23N5O2/c1-14-10-15(2)24-22(23-14)27-11-17-8-9-26(12-19(17)27)21(28)18-13-29-25-20(18)16-6-4-3-5-7-16/h3-7,10,13,17,19H,8-9,11-12H2,1-2H3. The fraction of sp³-hybridized carbons (Fsp3) is 0.364. The monoisotopic (exact) mass is 389 g/mol. The molecule has 1 amide bonds. The predicted molar refractivity (Wildman–Crippen MR) is 109 cm³/mol. The Morgan fingerprint density at radius 2 is 1.86 bits per heavy atom. The Bertz CT molecular complexity index is 1030. The number of piperidine rings is 1. The molecule has 2 saturated heterocycles. The lowest BCUT2D eigenvalue weighted by Crippen LogP contribution is -2.65. The van der Waals surface area contributed by atoms with Crippen LogP contribution in [0.15, 0.2) is 47.2 Å². The Morgan fingerprint density at radius 3 is 2.62 bits per heavy atom. The van der Waals surface area contributed by atoms with Crippen molar-refractivity contribution in [1.29, 1.82) is 0 Å². The minimum absolute atomic E-state index is 0.0308. The molecule has 0 aliphatic carbocycles. The summed E-state index contributed by atoms with van der Waals surface area (Å²) in [6.45, 7) is 6.35. The Hall–Kier alpha value is -3.22. The number of anilines is 1. The fourth-order valence-corrected chi connectivity index (χ4v) is 4.41. The van der Waals surface area contributed by atoms with E-state index in [-0.39, 0.29) is 11.9 Å². The van der Waals surface area contributed by atoms with Gasteiger partial charge in [-0.15, -0.1) is 0 Å². The van der Waals surface area contributed by atoms with Crippen LogP contribution in [0.5, 0.6) is 0 Å². The van der Waals surface area contributed by atoms with E-state index in [1.807, 2.05) is 55.1 Å². The van der Waals surface area contributed by atoms with Gasteiger partial charge in [-0.25, -0.2) is 9.97 Å². The van der Waals surface area contributed by atoms with Crippen LogP contribution in [0, 0.1) is 19.8 Å². The second-order valence-corrected chi connectivity index (χ2v) is 7.91. The van der Waals surface area contributed by atoms with Crippen molar-refractivity contribution < 1.29 is 9.32 Å². The first kappa shape index (κ1) is 17.8. The highest BCUT2D eigenvalue weighted by molar-refractivity contribution is 5.99. The van der Waals surface area contributed by atoms with Gasteiger partial charge in [0.15, 0.2) is 0 Å². The zero-order valence-electron chi connectivity index (χ0n) is 16.6. The summed E-state index contributed by atoms with van der Waals surface area (Å²) >= 11 is 0. The van der Waals surface area contributed by atoms with E-state index in [0.29, 0.717) is 23.7 Å². The van der Waals surface area contributed by atoms with Crippen LogP contribution in [0.25, 0.3) is 11.3 Å². The van der Waals surface area contributed by atoms with Crippen LogP contribution in [0.4, 0.5) is 5.95 Å². The molecule has 0 saturated carbocycles. The second kappa shape index (κ2) is 6.99. The molecule has 3 aromatic rings. The third-order valence-corrected chi connectivity index (χ3v) is 5.91. The van der Waals surface area contributed by atoms with Gasteiger partial charge in [0, 0.05) is 42.5 Å². The number of aryl methyl sites for hydroxylation is 2. The molecule has 0 spiro atoms. The summed E-state index contributed by atoms with van der Waals surface area (Å²) in [5.41, 5.74) is 3.94. The van der Waals surface area contributed by atoms with Crippen LogP contribution < -0.4 is 4.90 Å². The first-order chi connectivity index (χ1) is 14.1. The van der Waals surface area contributed by atoms with Crippen molar-refractivity contribution in [3.05, 3.63) is 59.6 Å². The third-order valence-electron chi connectivity index (χ3n) is 5.91. The first-order valence-corrected chi connectivity index (χ1v) is 9.98. The molecule has 2 aliphatic rings.